The lowest BCUT2D eigenvalue weighted by atomic mass is 10.1. The second-order valence-corrected chi connectivity index (χ2v) is 10.9. The standard InChI is InChI=1S/C31H33N9O5/c1-3-44-31(42)19-5-10-38(18-19)11-7-34-30(41)28-21-16-35-22(20-17-36-39-9-4-6-33-29(20)39)13-24(21)40(37-28)25-15-26-23(14-27(25)43-2)32-8-12-45-26/h4,6,9,13-17,19,32H,3,5,7-8,10-12,18H2,1-2H3,(H,34,41)/t19-/m1/s1. The number of likely N-dealkylation sites (tertiary alicyclic amines) is 1. The summed E-state index contributed by atoms with van der Waals surface area (Å²) in [6.07, 6.45) is 7.65. The largest absolute Gasteiger partial charge is 0.494 e. The maximum absolute atomic E-state index is 13.6. The minimum Gasteiger partial charge on any atom is -0.494 e. The van der Waals surface area contributed by atoms with Crippen molar-refractivity contribution in [3.05, 3.63) is 54.7 Å². The molecule has 45 heavy (non-hydrogen) atoms. The molecule has 0 saturated carbocycles. The lowest BCUT2D eigenvalue weighted by molar-refractivity contribution is -0.147. The Morgan fingerprint density at radius 2 is 2.11 bits per heavy atom. The fourth-order valence-corrected chi connectivity index (χ4v) is 5.90. The fraction of sp³-hybridized carbons (Fsp3) is 0.355. The van der Waals surface area contributed by atoms with Crippen LogP contribution in [-0.4, -0.2) is 99.2 Å². The highest BCUT2D eigenvalue weighted by atomic mass is 16.5. The summed E-state index contributed by atoms with van der Waals surface area (Å²) in [6.45, 7) is 5.79. The summed E-state index contributed by atoms with van der Waals surface area (Å²) in [7, 11) is 1.59. The smallest absolute Gasteiger partial charge is 0.310 e. The molecule has 0 unspecified atom stereocenters. The van der Waals surface area contributed by atoms with Gasteiger partial charge in [-0.15, -0.1) is 0 Å². The average Bonchev–Trinajstić information content (AvgIpc) is 3.81. The van der Waals surface area contributed by atoms with E-state index < -0.39 is 0 Å². The molecule has 2 aliphatic rings. The highest BCUT2D eigenvalue weighted by molar-refractivity contribution is 6.05. The van der Waals surface area contributed by atoms with Gasteiger partial charge in [-0.25, -0.2) is 14.2 Å². The minimum absolute atomic E-state index is 0.130. The number of nitrogens with one attached hydrogen (secondary N) is 2. The van der Waals surface area contributed by atoms with Crippen molar-refractivity contribution in [3.8, 4) is 28.4 Å². The lowest BCUT2D eigenvalue weighted by Gasteiger charge is -2.21. The number of amides is 1. The molecule has 1 aromatic carbocycles. The van der Waals surface area contributed by atoms with Gasteiger partial charge in [-0.05, 0) is 32.0 Å². The number of hydrogen-bond acceptors (Lipinski definition) is 11. The van der Waals surface area contributed by atoms with E-state index in [9.17, 15) is 9.59 Å². The molecule has 0 radical (unpaired) electrons. The predicted octanol–water partition coefficient (Wildman–Crippen LogP) is 2.56. The number of pyridine rings is 1. The van der Waals surface area contributed by atoms with Gasteiger partial charge in [0.05, 0.1) is 53.7 Å². The van der Waals surface area contributed by atoms with Crippen LogP contribution in [0, 0.1) is 5.92 Å². The monoisotopic (exact) mass is 611 g/mol. The Balaban J connectivity index is 1.22. The third-order valence-corrected chi connectivity index (χ3v) is 8.13. The summed E-state index contributed by atoms with van der Waals surface area (Å²) in [5, 5.41) is 16.1. The van der Waals surface area contributed by atoms with E-state index in [1.807, 2.05) is 37.4 Å². The van der Waals surface area contributed by atoms with E-state index >= 15 is 0 Å². The highest BCUT2D eigenvalue weighted by Crippen LogP contribution is 2.38. The van der Waals surface area contributed by atoms with Crippen LogP contribution in [0.1, 0.15) is 23.8 Å². The molecule has 6 heterocycles. The first-order valence-corrected chi connectivity index (χ1v) is 15.0. The third kappa shape index (κ3) is 5.37. The zero-order chi connectivity index (χ0) is 30.9. The summed E-state index contributed by atoms with van der Waals surface area (Å²) in [6, 6.07) is 7.41. The summed E-state index contributed by atoms with van der Waals surface area (Å²) < 4.78 is 20.2. The summed E-state index contributed by atoms with van der Waals surface area (Å²) >= 11 is 0. The Hall–Kier alpha value is -5.24. The SMILES string of the molecule is CCOC(=O)[C@@H]1CCN(CCNC(=O)c2nn(-c3cc4c(cc3OC)NCCO4)c3cc(-c4cnn5cccnc45)ncc23)C1. The second-order valence-electron chi connectivity index (χ2n) is 10.9. The van der Waals surface area contributed by atoms with Crippen molar-refractivity contribution in [3.63, 3.8) is 0 Å². The van der Waals surface area contributed by atoms with Crippen molar-refractivity contribution in [1.82, 2.24) is 39.6 Å². The molecule has 1 saturated heterocycles. The molecule has 1 amide bonds. The number of nitrogens with zero attached hydrogens (tertiary/aromatic N) is 7. The van der Waals surface area contributed by atoms with E-state index in [2.05, 4.69) is 25.6 Å². The molecule has 0 aliphatic carbocycles. The van der Waals surface area contributed by atoms with Gasteiger partial charge in [0.25, 0.3) is 5.91 Å². The molecule has 14 heteroatoms. The van der Waals surface area contributed by atoms with Crippen LogP contribution in [0.5, 0.6) is 11.5 Å². The van der Waals surface area contributed by atoms with Gasteiger partial charge in [0, 0.05) is 56.9 Å². The van der Waals surface area contributed by atoms with Crippen LogP contribution in [-0.2, 0) is 9.53 Å². The molecule has 232 valence electrons. The molecule has 14 nitrogen and oxygen atoms in total. The van der Waals surface area contributed by atoms with Crippen LogP contribution >= 0.6 is 0 Å². The number of fused-ring (bicyclic) bond motifs is 3. The zero-order valence-corrected chi connectivity index (χ0v) is 25.0. The quantitative estimate of drug-likeness (QED) is 0.237. The fourth-order valence-electron chi connectivity index (χ4n) is 5.90. The van der Waals surface area contributed by atoms with E-state index in [1.54, 1.807) is 34.9 Å². The number of ether oxygens (including phenoxy) is 3. The van der Waals surface area contributed by atoms with Gasteiger partial charge in [-0.3, -0.25) is 14.6 Å². The van der Waals surface area contributed by atoms with Gasteiger partial charge in [-0.2, -0.15) is 10.2 Å². The highest BCUT2D eigenvalue weighted by Gasteiger charge is 2.29. The van der Waals surface area contributed by atoms with Crippen LogP contribution in [0.2, 0.25) is 0 Å². The number of esters is 1. The molecule has 7 rings (SSSR count). The Morgan fingerprint density at radius 1 is 1.20 bits per heavy atom. The first-order valence-electron chi connectivity index (χ1n) is 15.0. The van der Waals surface area contributed by atoms with E-state index in [4.69, 9.17) is 24.3 Å². The van der Waals surface area contributed by atoms with Crippen molar-refractivity contribution in [2.24, 2.45) is 5.92 Å². The van der Waals surface area contributed by atoms with Crippen molar-refractivity contribution in [1.29, 1.82) is 0 Å². The van der Waals surface area contributed by atoms with Crippen molar-refractivity contribution in [2.75, 3.05) is 58.4 Å². The Kier molecular flexibility index (Phi) is 7.63. The first-order chi connectivity index (χ1) is 22.0. The number of hydrogen-bond donors (Lipinski definition) is 2. The molecule has 0 spiro atoms. The van der Waals surface area contributed by atoms with Gasteiger partial charge < -0.3 is 29.7 Å². The molecule has 2 N–H and O–H groups in total. The Bertz CT molecular complexity index is 1900. The summed E-state index contributed by atoms with van der Waals surface area (Å²) in [5.41, 5.74) is 4.35. The second kappa shape index (κ2) is 12.0. The molecule has 5 aromatic rings. The maximum Gasteiger partial charge on any atom is 0.310 e. The van der Waals surface area contributed by atoms with Crippen molar-refractivity contribution >= 4 is 34.1 Å². The first kappa shape index (κ1) is 28.5. The summed E-state index contributed by atoms with van der Waals surface area (Å²) in [4.78, 5) is 37.1. The number of rotatable bonds is 9. The number of benzene rings is 1. The zero-order valence-electron chi connectivity index (χ0n) is 25.0. The van der Waals surface area contributed by atoms with Gasteiger partial charge in [-0.1, -0.05) is 0 Å². The molecule has 2 aliphatic heterocycles. The topological polar surface area (TPSA) is 150 Å². The van der Waals surface area contributed by atoms with E-state index in [1.165, 1.54) is 0 Å². The average molecular weight is 612 g/mol. The van der Waals surface area contributed by atoms with E-state index in [0.717, 1.165) is 24.2 Å². The predicted molar refractivity (Wildman–Crippen MR) is 165 cm³/mol. The van der Waals surface area contributed by atoms with Crippen molar-refractivity contribution < 1.29 is 23.8 Å². The Morgan fingerprint density at radius 3 is 2.98 bits per heavy atom. The van der Waals surface area contributed by atoms with Crippen LogP contribution in [0.25, 0.3) is 33.5 Å². The summed E-state index contributed by atoms with van der Waals surface area (Å²) in [5.74, 6) is 0.604. The third-order valence-electron chi connectivity index (χ3n) is 8.13. The molecule has 4 aromatic heterocycles. The van der Waals surface area contributed by atoms with Crippen LogP contribution in [0.3, 0.4) is 0 Å². The molecule has 1 atom stereocenters. The van der Waals surface area contributed by atoms with E-state index in [-0.39, 0.29) is 23.5 Å². The van der Waals surface area contributed by atoms with Gasteiger partial charge in [0.1, 0.15) is 23.8 Å². The van der Waals surface area contributed by atoms with Gasteiger partial charge in [0.2, 0.25) is 0 Å². The van der Waals surface area contributed by atoms with Crippen LogP contribution in [0.4, 0.5) is 5.69 Å². The number of anilines is 1. The number of carbonyl (C=O) groups excluding carboxylic acids is 2. The molecule has 1 fully saturated rings. The van der Waals surface area contributed by atoms with Crippen LogP contribution in [0.15, 0.2) is 49.1 Å². The lowest BCUT2D eigenvalue weighted by Crippen LogP contribution is -2.34. The number of aromatic nitrogens is 6. The Labute approximate surface area is 258 Å². The van der Waals surface area contributed by atoms with Crippen molar-refractivity contribution in [2.45, 2.75) is 13.3 Å². The maximum atomic E-state index is 13.6. The van der Waals surface area contributed by atoms with Crippen LogP contribution < -0.4 is 20.1 Å². The normalized spacial score (nSPS) is 16.3. The number of carbonyl (C=O) groups is 2. The van der Waals surface area contributed by atoms with Gasteiger partial charge >= 0.3 is 5.97 Å². The molecular weight excluding hydrogens is 578 g/mol. The van der Waals surface area contributed by atoms with Gasteiger partial charge in [0.15, 0.2) is 11.3 Å². The number of methoxy groups -OCH3 is 1. The van der Waals surface area contributed by atoms with E-state index in [0.29, 0.717) is 78.8 Å². The molecule has 0 bridgehead atoms. The molecular formula is C31H33N9O5. The minimum atomic E-state index is -0.332.